The molecule has 1 unspecified atom stereocenters. The Morgan fingerprint density at radius 1 is 1.37 bits per heavy atom. The molecule has 0 N–H and O–H groups in total. The average Bonchev–Trinajstić information content (AvgIpc) is 2.95. The number of fused-ring (bicyclic) bond motifs is 2. The van der Waals surface area contributed by atoms with Crippen LogP contribution in [0.4, 0.5) is 4.39 Å². The van der Waals surface area contributed by atoms with Crippen molar-refractivity contribution < 1.29 is 13.9 Å². The van der Waals surface area contributed by atoms with Crippen molar-refractivity contribution >= 4 is 30.8 Å². The molecular weight excluding hydrogens is 427 g/mol. The van der Waals surface area contributed by atoms with E-state index in [9.17, 15) is 9.18 Å². The van der Waals surface area contributed by atoms with Crippen LogP contribution in [0.25, 0.3) is 11.2 Å². The van der Waals surface area contributed by atoms with Crippen LogP contribution in [0.3, 0.4) is 0 Å². The highest BCUT2D eigenvalue weighted by atomic mass is 35.5. The van der Waals surface area contributed by atoms with Crippen molar-refractivity contribution in [2.24, 2.45) is 0 Å². The van der Waals surface area contributed by atoms with E-state index >= 15 is 0 Å². The monoisotopic (exact) mass is 450 g/mol. The molecule has 0 radical (unpaired) electrons. The number of imidazole rings is 1. The first kappa shape index (κ1) is 21.0. The first-order chi connectivity index (χ1) is 14.3. The van der Waals surface area contributed by atoms with Gasteiger partial charge in [0.05, 0.1) is 18.8 Å². The van der Waals surface area contributed by atoms with Gasteiger partial charge in [0.2, 0.25) is 5.28 Å². The molecule has 3 aromatic rings. The molecule has 0 spiro atoms. The molecule has 7 nitrogen and oxygen atoms in total. The quantitative estimate of drug-likeness (QED) is 0.321. The van der Waals surface area contributed by atoms with E-state index in [0.29, 0.717) is 36.4 Å². The van der Waals surface area contributed by atoms with Crippen molar-refractivity contribution in [3.63, 3.8) is 0 Å². The molecule has 2 aromatic heterocycles. The van der Waals surface area contributed by atoms with Gasteiger partial charge in [-0.05, 0) is 23.7 Å². The van der Waals surface area contributed by atoms with Crippen molar-refractivity contribution in [3.8, 4) is 5.75 Å². The van der Waals surface area contributed by atoms with Gasteiger partial charge in [0.25, 0.3) is 0 Å². The molecule has 0 aliphatic carbocycles. The lowest BCUT2D eigenvalue weighted by molar-refractivity contribution is 0.0868. The fraction of sp³-hybridized carbons (Fsp3) is 0.450. The summed E-state index contributed by atoms with van der Waals surface area (Å²) in [7, 11) is -1.25. The summed E-state index contributed by atoms with van der Waals surface area (Å²) >= 11 is 6.04. The predicted molar refractivity (Wildman–Crippen MR) is 116 cm³/mol. The van der Waals surface area contributed by atoms with Crippen LogP contribution in [0.2, 0.25) is 31.0 Å². The predicted octanol–water partition coefficient (Wildman–Crippen LogP) is 4.07. The summed E-state index contributed by atoms with van der Waals surface area (Å²) in [6.07, 6.45) is 2.03. The third-order valence-electron chi connectivity index (χ3n) is 5.20. The van der Waals surface area contributed by atoms with Crippen molar-refractivity contribution in [3.05, 3.63) is 51.5 Å². The standard InChI is InChI=1S/C20H24ClFN4O3Si/c1-30(2,3)10-9-28-12-25-16-11-23-19(21)24-18(16)26(20(25)27)15-7-8-29-17-13(15)5-4-6-14(17)22/h4-6,11,15H,7-10,12H2,1-3H3. The molecule has 1 aliphatic rings. The van der Waals surface area contributed by atoms with Crippen molar-refractivity contribution in [1.82, 2.24) is 19.1 Å². The highest BCUT2D eigenvalue weighted by Gasteiger charge is 2.30. The number of para-hydroxylation sites is 1. The molecule has 1 aliphatic heterocycles. The minimum atomic E-state index is -1.25. The number of benzene rings is 1. The summed E-state index contributed by atoms with van der Waals surface area (Å²) < 4.78 is 28.7. The SMILES string of the molecule is C[Si](C)(C)CCOCn1c(=O)n(C2CCOc3c(F)cccc32)c2nc(Cl)ncc21. The second kappa shape index (κ2) is 8.13. The Morgan fingerprint density at radius 2 is 2.17 bits per heavy atom. The molecule has 4 rings (SSSR count). The first-order valence-corrected chi connectivity index (χ1v) is 14.0. The number of halogens is 2. The van der Waals surface area contributed by atoms with E-state index in [4.69, 9.17) is 21.1 Å². The Labute approximate surface area is 179 Å². The lowest BCUT2D eigenvalue weighted by Gasteiger charge is -2.26. The van der Waals surface area contributed by atoms with Gasteiger partial charge in [-0.2, -0.15) is 4.98 Å². The Balaban J connectivity index is 1.77. The largest absolute Gasteiger partial charge is 0.490 e. The maximum absolute atomic E-state index is 14.3. The second-order valence-corrected chi connectivity index (χ2v) is 14.5. The fourth-order valence-corrected chi connectivity index (χ4v) is 4.50. The van der Waals surface area contributed by atoms with Gasteiger partial charge in [-0.1, -0.05) is 31.8 Å². The Hall–Kier alpha value is -2.23. The molecule has 0 amide bonds. The smallest absolute Gasteiger partial charge is 0.332 e. The van der Waals surface area contributed by atoms with Crippen LogP contribution in [-0.4, -0.2) is 40.4 Å². The molecule has 3 heterocycles. The Bertz CT molecular complexity index is 1140. The molecule has 0 bridgehead atoms. The normalized spacial score (nSPS) is 16.5. The molecule has 0 saturated heterocycles. The molecular formula is C20H24ClFN4O3Si. The van der Waals surface area contributed by atoms with Crippen LogP contribution in [0.5, 0.6) is 5.75 Å². The van der Waals surface area contributed by atoms with Gasteiger partial charge in [0.15, 0.2) is 17.2 Å². The van der Waals surface area contributed by atoms with E-state index in [1.807, 2.05) is 0 Å². The average molecular weight is 451 g/mol. The molecule has 1 aromatic carbocycles. The summed E-state index contributed by atoms with van der Waals surface area (Å²) in [6.45, 7) is 7.78. The van der Waals surface area contributed by atoms with Gasteiger partial charge in [-0.3, -0.25) is 9.13 Å². The molecule has 1 atom stereocenters. The van der Waals surface area contributed by atoms with E-state index in [-0.39, 0.29) is 23.5 Å². The van der Waals surface area contributed by atoms with Crippen LogP contribution < -0.4 is 10.4 Å². The van der Waals surface area contributed by atoms with Gasteiger partial charge >= 0.3 is 5.69 Å². The van der Waals surface area contributed by atoms with Gasteiger partial charge in [0.1, 0.15) is 12.2 Å². The minimum Gasteiger partial charge on any atom is -0.490 e. The second-order valence-electron chi connectivity index (χ2n) is 8.59. The van der Waals surface area contributed by atoms with Crippen molar-refractivity contribution in [1.29, 1.82) is 0 Å². The van der Waals surface area contributed by atoms with E-state index in [0.717, 1.165) is 6.04 Å². The van der Waals surface area contributed by atoms with Crippen LogP contribution in [-0.2, 0) is 11.5 Å². The van der Waals surface area contributed by atoms with E-state index in [1.165, 1.54) is 16.8 Å². The highest BCUT2D eigenvalue weighted by molar-refractivity contribution is 6.76. The third-order valence-corrected chi connectivity index (χ3v) is 7.09. The van der Waals surface area contributed by atoms with E-state index in [2.05, 4.69) is 29.6 Å². The zero-order valence-corrected chi connectivity index (χ0v) is 18.9. The van der Waals surface area contributed by atoms with Crippen molar-refractivity contribution in [2.45, 2.75) is 44.9 Å². The first-order valence-electron chi connectivity index (χ1n) is 9.88. The Kier molecular flexibility index (Phi) is 5.69. The van der Waals surface area contributed by atoms with E-state index in [1.54, 1.807) is 16.7 Å². The van der Waals surface area contributed by atoms with Crippen LogP contribution in [0.15, 0.2) is 29.2 Å². The highest BCUT2D eigenvalue weighted by Crippen LogP contribution is 2.37. The number of hydrogen-bond donors (Lipinski definition) is 0. The number of hydrogen-bond acceptors (Lipinski definition) is 5. The van der Waals surface area contributed by atoms with Crippen LogP contribution >= 0.6 is 11.6 Å². The van der Waals surface area contributed by atoms with Crippen LogP contribution in [0.1, 0.15) is 18.0 Å². The number of ether oxygens (including phenoxy) is 2. The number of rotatable bonds is 6. The van der Waals surface area contributed by atoms with Crippen molar-refractivity contribution in [2.75, 3.05) is 13.2 Å². The number of aromatic nitrogens is 4. The summed E-state index contributed by atoms with van der Waals surface area (Å²) in [5, 5.41) is 0.0413. The Morgan fingerprint density at radius 3 is 2.93 bits per heavy atom. The summed E-state index contributed by atoms with van der Waals surface area (Å²) in [6, 6.07) is 5.30. The summed E-state index contributed by atoms with van der Waals surface area (Å²) in [5.41, 5.74) is 1.24. The third kappa shape index (κ3) is 4.01. The maximum Gasteiger partial charge on any atom is 0.332 e. The van der Waals surface area contributed by atoms with Crippen LogP contribution in [0, 0.1) is 5.82 Å². The minimum absolute atomic E-state index is 0.0413. The van der Waals surface area contributed by atoms with Gasteiger partial charge in [0, 0.05) is 26.7 Å². The topological polar surface area (TPSA) is 71.2 Å². The fourth-order valence-electron chi connectivity index (χ4n) is 3.61. The van der Waals surface area contributed by atoms with Gasteiger partial charge in [-0.25, -0.2) is 14.2 Å². The van der Waals surface area contributed by atoms with Gasteiger partial charge < -0.3 is 9.47 Å². The summed E-state index contributed by atoms with van der Waals surface area (Å²) in [4.78, 5) is 21.7. The molecule has 160 valence electrons. The molecule has 10 heteroatoms. The van der Waals surface area contributed by atoms with Gasteiger partial charge in [-0.15, -0.1) is 0 Å². The van der Waals surface area contributed by atoms with E-state index < -0.39 is 19.9 Å². The summed E-state index contributed by atoms with van der Waals surface area (Å²) in [5.74, 6) is -0.274. The lowest BCUT2D eigenvalue weighted by atomic mass is 10.00. The maximum atomic E-state index is 14.3. The number of nitrogens with zero attached hydrogens (tertiary/aromatic N) is 4. The lowest BCUT2D eigenvalue weighted by Crippen LogP contribution is -2.32. The zero-order chi connectivity index (χ0) is 21.5. The molecule has 0 saturated carbocycles. The zero-order valence-electron chi connectivity index (χ0n) is 17.2. The molecule has 0 fully saturated rings. The molecule has 30 heavy (non-hydrogen) atoms.